The van der Waals surface area contributed by atoms with E-state index >= 15 is 0 Å². The number of aromatic nitrogens is 3. The smallest absolute Gasteiger partial charge is 0.131 e. The van der Waals surface area contributed by atoms with E-state index in [0.29, 0.717) is 5.92 Å². The Kier molecular flexibility index (Phi) is 29.4. The predicted molar refractivity (Wildman–Crippen MR) is 156 cm³/mol. The van der Waals surface area contributed by atoms with Crippen molar-refractivity contribution in [1.82, 2.24) is 15.0 Å². The maximum Gasteiger partial charge on any atom is 0.131 e. The summed E-state index contributed by atoms with van der Waals surface area (Å²) in [4.78, 5) is 14.6. The molecule has 6 heteroatoms. The van der Waals surface area contributed by atoms with Gasteiger partial charge in [-0.2, -0.15) is 12.6 Å². The van der Waals surface area contributed by atoms with E-state index in [1.54, 1.807) is 11.3 Å². The van der Waals surface area contributed by atoms with Crippen LogP contribution in [0.3, 0.4) is 0 Å². The Morgan fingerprint density at radius 3 is 2.12 bits per heavy atom. The maximum atomic E-state index is 4.55. The Bertz CT molecular complexity index is 670. The Morgan fingerprint density at radius 2 is 1.67 bits per heavy atom. The third-order valence-corrected chi connectivity index (χ3v) is 4.68. The van der Waals surface area contributed by atoms with Crippen LogP contribution < -0.4 is 5.32 Å². The molecule has 0 radical (unpaired) electrons. The van der Waals surface area contributed by atoms with Crippen LogP contribution >= 0.6 is 24.0 Å². The van der Waals surface area contributed by atoms with Gasteiger partial charge < -0.3 is 5.32 Å². The lowest BCUT2D eigenvalue weighted by Crippen LogP contribution is -2.08. The lowest BCUT2D eigenvalue weighted by molar-refractivity contribution is 0.619. The zero-order chi connectivity index (χ0) is 26.1. The molecule has 2 aromatic rings. The van der Waals surface area contributed by atoms with Gasteiger partial charge in [0.15, 0.2) is 0 Å². The summed E-state index contributed by atoms with van der Waals surface area (Å²) in [5, 5.41) is 6.10. The third-order valence-electron chi connectivity index (χ3n) is 3.71. The summed E-state index contributed by atoms with van der Waals surface area (Å²) >= 11 is 5.35. The van der Waals surface area contributed by atoms with E-state index in [9.17, 15) is 0 Å². The van der Waals surface area contributed by atoms with E-state index in [-0.39, 0.29) is 0 Å². The van der Waals surface area contributed by atoms with Gasteiger partial charge in [0, 0.05) is 35.8 Å². The van der Waals surface area contributed by atoms with Crippen LogP contribution in [-0.2, 0) is 12.8 Å². The van der Waals surface area contributed by atoms with Gasteiger partial charge in [-0.1, -0.05) is 74.8 Å². The van der Waals surface area contributed by atoms with E-state index in [4.69, 9.17) is 0 Å². The topological polar surface area (TPSA) is 50.7 Å². The number of nitrogens with zero attached hydrogens (tertiary/aromatic N) is 3. The number of anilines is 1. The van der Waals surface area contributed by atoms with Crippen molar-refractivity contribution in [2.24, 2.45) is 5.92 Å². The molecule has 0 aromatic carbocycles. The van der Waals surface area contributed by atoms with Gasteiger partial charge in [0.25, 0.3) is 0 Å². The molecule has 2 aromatic heterocycles. The Labute approximate surface area is 215 Å². The molecule has 2 heterocycles. The van der Waals surface area contributed by atoms with Crippen molar-refractivity contribution in [2.45, 2.75) is 108 Å². The molecule has 0 aliphatic heterocycles. The molecule has 4 nitrogen and oxygen atoms in total. The van der Waals surface area contributed by atoms with Crippen LogP contribution in [0.5, 0.6) is 0 Å². The van der Waals surface area contributed by atoms with Gasteiger partial charge in [-0.05, 0) is 44.4 Å². The number of thiol groups is 1. The first kappa shape index (κ1) is 36.2. The van der Waals surface area contributed by atoms with Crippen LogP contribution in [0.15, 0.2) is 24.3 Å². The standard InChI is InChI=1S/C14H25N3.C7H11NS.C2H4S.2C2H6/c1-5-6-7-8-15-13-10-12(4)16-14(17-13)9-11(2)3;1-3-4-7-8-5-6(2)9-7;1-2-3;2*1-2/h10-11H,5-9H2,1-4H3,(H,15,16,17);5H,3-4H2,1-2H3;2-3H,1H2;2*1-2H3. The molecule has 0 saturated heterocycles. The predicted octanol–water partition coefficient (Wildman–Crippen LogP) is 9.10. The molecule has 33 heavy (non-hydrogen) atoms. The molecule has 0 unspecified atom stereocenters. The fourth-order valence-corrected chi connectivity index (χ4v) is 3.39. The zero-order valence-electron chi connectivity index (χ0n) is 23.2. The van der Waals surface area contributed by atoms with Crippen molar-refractivity contribution < 1.29 is 0 Å². The van der Waals surface area contributed by atoms with Gasteiger partial charge >= 0.3 is 0 Å². The molecule has 0 bridgehead atoms. The number of unbranched alkanes of at least 4 members (excludes halogenated alkanes) is 2. The average molecular weight is 497 g/mol. The second-order valence-electron chi connectivity index (χ2n) is 7.34. The summed E-state index contributed by atoms with van der Waals surface area (Å²) in [6.07, 6.45) is 8.96. The van der Waals surface area contributed by atoms with Crippen LogP contribution in [0.1, 0.15) is 102 Å². The summed E-state index contributed by atoms with van der Waals surface area (Å²) < 4.78 is 0. The molecule has 0 spiro atoms. The Hall–Kier alpha value is -1.40. The summed E-state index contributed by atoms with van der Waals surface area (Å²) in [6, 6.07) is 2.02. The molecular formula is C27H52N4S2. The molecule has 192 valence electrons. The van der Waals surface area contributed by atoms with E-state index in [2.05, 4.69) is 74.1 Å². The van der Waals surface area contributed by atoms with E-state index in [0.717, 1.165) is 36.7 Å². The molecule has 1 N–H and O–H groups in total. The molecule has 0 atom stereocenters. The minimum Gasteiger partial charge on any atom is -0.370 e. The van der Waals surface area contributed by atoms with Crippen LogP contribution in [0.2, 0.25) is 0 Å². The summed E-state index contributed by atoms with van der Waals surface area (Å²) in [7, 11) is 0. The van der Waals surface area contributed by atoms with Gasteiger partial charge in [-0.3, -0.25) is 0 Å². The van der Waals surface area contributed by atoms with Crippen molar-refractivity contribution in [2.75, 3.05) is 11.9 Å². The molecular weight excluding hydrogens is 444 g/mol. The summed E-state index contributed by atoms with van der Waals surface area (Å²) in [5.41, 5.74) is 1.05. The van der Waals surface area contributed by atoms with Crippen molar-refractivity contribution in [1.29, 1.82) is 0 Å². The number of rotatable bonds is 9. The first-order valence-corrected chi connectivity index (χ1v) is 13.9. The van der Waals surface area contributed by atoms with Crippen molar-refractivity contribution >= 4 is 29.8 Å². The highest BCUT2D eigenvalue weighted by molar-refractivity contribution is 7.83. The Balaban J connectivity index is -0.000000471. The van der Waals surface area contributed by atoms with Gasteiger partial charge in [-0.15, -0.1) is 11.3 Å². The van der Waals surface area contributed by atoms with Gasteiger partial charge in [0.05, 0.1) is 5.01 Å². The molecule has 0 amide bonds. The second kappa shape index (κ2) is 26.8. The maximum absolute atomic E-state index is 4.55. The van der Waals surface area contributed by atoms with Gasteiger partial charge in [0.1, 0.15) is 11.6 Å². The number of aryl methyl sites for hydroxylation is 3. The van der Waals surface area contributed by atoms with Crippen LogP contribution in [0.4, 0.5) is 5.82 Å². The van der Waals surface area contributed by atoms with Gasteiger partial charge in [0.2, 0.25) is 0 Å². The molecule has 0 aliphatic rings. The first-order valence-electron chi connectivity index (χ1n) is 12.6. The molecule has 0 fully saturated rings. The lowest BCUT2D eigenvalue weighted by atomic mass is 10.1. The van der Waals surface area contributed by atoms with Crippen molar-refractivity contribution in [3.8, 4) is 0 Å². The molecule has 0 aliphatic carbocycles. The fraction of sp³-hybridized carbons (Fsp3) is 0.667. The third kappa shape index (κ3) is 23.6. The van der Waals surface area contributed by atoms with E-state index in [1.807, 2.05) is 46.9 Å². The van der Waals surface area contributed by atoms with Crippen molar-refractivity contribution in [3.63, 3.8) is 0 Å². The number of thiazole rings is 1. The largest absolute Gasteiger partial charge is 0.370 e. The number of nitrogens with one attached hydrogen (secondary N) is 1. The normalized spacial score (nSPS) is 9.09. The minimum atomic E-state index is 0.602. The zero-order valence-corrected chi connectivity index (χ0v) is 24.9. The van der Waals surface area contributed by atoms with Crippen LogP contribution in [0, 0.1) is 19.8 Å². The van der Waals surface area contributed by atoms with E-state index in [1.165, 1.54) is 41.0 Å². The highest BCUT2D eigenvalue weighted by Crippen LogP contribution is 2.12. The first-order chi connectivity index (χ1) is 15.9. The van der Waals surface area contributed by atoms with Crippen LogP contribution in [0.25, 0.3) is 0 Å². The molecule has 2 rings (SSSR count). The number of hydrogen-bond acceptors (Lipinski definition) is 6. The van der Waals surface area contributed by atoms with Crippen LogP contribution in [-0.4, -0.2) is 21.5 Å². The van der Waals surface area contributed by atoms with E-state index < -0.39 is 0 Å². The second-order valence-corrected chi connectivity index (χ2v) is 9.02. The quantitative estimate of drug-likeness (QED) is 0.268. The summed E-state index contributed by atoms with van der Waals surface area (Å²) in [5.74, 6) is 2.53. The number of hydrogen-bond donors (Lipinski definition) is 2. The Morgan fingerprint density at radius 1 is 1.06 bits per heavy atom. The highest BCUT2D eigenvalue weighted by atomic mass is 32.1. The lowest BCUT2D eigenvalue weighted by Gasteiger charge is -2.09. The van der Waals surface area contributed by atoms with Crippen molar-refractivity contribution in [3.05, 3.63) is 45.7 Å². The summed E-state index contributed by atoms with van der Waals surface area (Å²) in [6.45, 7) is 25.1. The fourth-order valence-electron chi connectivity index (χ4n) is 2.50. The average Bonchev–Trinajstić information content (AvgIpc) is 3.19. The minimum absolute atomic E-state index is 0.602. The SMILES string of the molecule is C=CS.CC.CC.CCCCCNc1cc(C)nc(CC(C)C)n1.CCCc1ncc(C)s1. The monoisotopic (exact) mass is 496 g/mol. The highest BCUT2D eigenvalue weighted by Gasteiger charge is 2.04. The molecule has 0 saturated carbocycles. The van der Waals surface area contributed by atoms with Gasteiger partial charge in [-0.25, -0.2) is 15.0 Å².